The van der Waals surface area contributed by atoms with Gasteiger partial charge in [-0.25, -0.2) is 23.9 Å². The number of benzene rings is 1. The van der Waals surface area contributed by atoms with Crippen molar-refractivity contribution in [2.24, 2.45) is 7.05 Å². The van der Waals surface area contributed by atoms with Gasteiger partial charge in [0, 0.05) is 24.9 Å². The van der Waals surface area contributed by atoms with Crippen LogP contribution in [0, 0.1) is 12.7 Å². The van der Waals surface area contributed by atoms with Crippen LogP contribution in [0.1, 0.15) is 16.1 Å². The lowest BCUT2D eigenvalue weighted by Crippen LogP contribution is -2.18. The smallest absolute Gasteiger partial charge is 0.274 e. The number of anilines is 1. The van der Waals surface area contributed by atoms with Gasteiger partial charge >= 0.3 is 0 Å². The maximum atomic E-state index is 14.8. The third-order valence-corrected chi connectivity index (χ3v) is 5.01. The summed E-state index contributed by atoms with van der Waals surface area (Å²) >= 11 is 0. The average Bonchev–Trinajstić information content (AvgIpc) is 3.38. The van der Waals surface area contributed by atoms with Crippen LogP contribution in [-0.2, 0) is 7.05 Å². The molecule has 0 bridgehead atoms. The second kappa shape index (κ2) is 7.65. The van der Waals surface area contributed by atoms with Gasteiger partial charge in [-0.05, 0) is 12.5 Å². The minimum Gasteiger partial charge on any atom is -0.318 e. The van der Waals surface area contributed by atoms with Crippen molar-refractivity contribution < 1.29 is 9.18 Å². The minimum absolute atomic E-state index is 0.0129. The van der Waals surface area contributed by atoms with Crippen LogP contribution in [0.2, 0.25) is 0 Å². The molecule has 0 radical (unpaired) electrons. The molecule has 158 valence electrons. The monoisotopic (exact) mass is 428 g/mol. The molecule has 32 heavy (non-hydrogen) atoms. The van der Waals surface area contributed by atoms with Gasteiger partial charge < -0.3 is 5.32 Å². The lowest BCUT2D eigenvalue weighted by molar-refractivity contribution is 0.101. The molecule has 0 spiro atoms. The topological polar surface area (TPSA) is 103 Å². The normalized spacial score (nSPS) is 11.1. The molecule has 5 aromatic rings. The molecule has 0 saturated heterocycles. The van der Waals surface area contributed by atoms with E-state index >= 15 is 0 Å². The highest BCUT2D eigenvalue weighted by atomic mass is 19.1. The number of nitrogens with zero attached hydrogens (tertiary/aromatic N) is 7. The first-order valence-electron chi connectivity index (χ1n) is 9.73. The highest BCUT2D eigenvalue weighted by molar-refractivity contribution is 6.07. The summed E-state index contributed by atoms with van der Waals surface area (Å²) in [6, 6.07) is 10.8. The molecule has 10 heteroatoms. The molecule has 1 amide bonds. The summed E-state index contributed by atoms with van der Waals surface area (Å²) in [5, 5.41) is 11.1. The van der Waals surface area contributed by atoms with Gasteiger partial charge in [-0.1, -0.05) is 30.3 Å². The van der Waals surface area contributed by atoms with E-state index in [1.54, 1.807) is 19.4 Å². The number of aryl methyl sites for hydroxylation is 2. The van der Waals surface area contributed by atoms with Gasteiger partial charge in [0.25, 0.3) is 5.91 Å². The zero-order valence-electron chi connectivity index (χ0n) is 17.2. The first kappa shape index (κ1) is 19.5. The summed E-state index contributed by atoms with van der Waals surface area (Å²) in [7, 11) is 1.64. The molecule has 1 N–H and O–H groups in total. The SMILES string of the molecule is Cc1cncnc1-c1cnn(C)c1C(=O)Nc1cc2nc(-c3ccccc3)nn2cc1F. The van der Waals surface area contributed by atoms with Crippen molar-refractivity contribution in [1.82, 2.24) is 34.3 Å². The molecule has 0 aliphatic carbocycles. The van der Waals surface area contributed by atoms with Gasteiger partial charge in [-0.3, -0.25) is 9.48 Å². The minimum atomic E-state index is -0.641. The van der Waals surface area contributed by atoms with Crippen molar-refractivity contribution in [3.05, 3.63) is 78.4 Å². The molecular weight excluding hydrogens is 411 g/mol. The zero-order valence-corrected chi connectivity index (χ0v) is 17.2. The van der Waals surface area contributed by atoms with Crippen LogP contribution in [0.4, 0.5) is 10.1 Å². The number of rotatable bonds is 4. The number of hydrogen-bond acceptors (Lipinski definition) is 6. The van der Waals surface area contributed by atoms with Crippen molar-refractivity contribution in [1.29, 1.82) is 0 Å². The van der Waals surface area contributed by atoms with E-state index in [1.807, 2.05) is 37.3 Å². The molecule has 0 saturated carbocycles. The van der Waals surface area contributed by atoms with Crippen molar-refractivity contribution in [2.75, 3.05) is 5.32 Å². The Labute approximate surface area is 181 Å². The van der Waals surface area contributed by atoms with Crippen LogP contribution in [0.15, 0.2) is 61.3 Å². The largest absolute Gasteiger partial charge is 0.318 e. The number of nitrogens with one attached hydrogen (secondary N) is 1. The predicted octanol–water partition coefficient (Wildman–Crippen LogP) is 3.29. The Morgan fingerprint density at radius 1 is 1.16 bits per heavy atom. The first-order valence-corrected chi connectivity index (χ1v) is 9.73. The highest BCUT2D eigenvalue weighted by Gasteiger charge is 2.22. The number of halogens is 1. The Balaban J connectivity index is 1.50. The van der Waals surface area contributed by atoms with Gasteiger partial charge in [-0.2, -0.15) is 5.10 Å². The second-order valence-electron chi connectivity index (χ2n) is 7.18. The van der Waals surface area contributed by atoms with Gasteiger partial charge in [0.1, 0.15) is 12.0 Å². The van der Waals surface area contributed by atoms with E-state index in [4.69, 9.17) is 0 Å². The van der Waals surface area contributed by atoms with Crippen LogP contribution in [0.5, 0.6) is 0 Å². The Morgan fingerprint density at radius 2 is 1.97 bits per heavy atom. The number of carbonyl (C=O) groups is 1. The van der Waals surface area contributed by atoms with Crippen molar-refractivity contribution in [3.8, 4) is 22.6 Å². The second-order valence-corrected chi connectivity index (χ2v) is 7.18. The van der Waals surface area contributed by atoms with Crippen molar-refractivity contribution in [3.63, 3.8) is 0 Å². The van der Waals surface area contributed by atoms with Crippen LogP contribution in [0.3, 0.4) is 0 Å². The molecule has 4 aromatic heterocycles. The summed E-state index contributed by atoms with van der Waals surface area (Å²) in [5.74, 6) is -0.706. The van der Waals surface area contributed by atoms with E-state index < -0.39 is 11.7 Å². The third kappa shape index (κ3) is 3.37. The quantitative estimate of drug-likeness (QED) is 0.471. The molecule has 1 aromatic carbocycles. The lowest BCUT2D eigenvalue weighted by Gasteiger charge is -2.09. The van der Waals surface area contributed by atoms with Crippen LogP contribution < -0.4 is 5.32 Å². The van der Waals surface area contributed by atoms with Crippen LogP contribution >= 0.6 is 0 Å². The van der Waals surface area contributed by atoms with E-state index in [0.717, 1.165) is 11.1 Å². The Kier molecular flexibility index (Phi) is 4.66. The molecule has 5 rings (SSSR count). The number of amides is 1. The predicted molar refractivity (Wildman–Crippen MR) is 115 cm³/mol. The van der Waals surface area contributed by atoms with E-state index in [2.05, 4.69) is 30.5 Å². The molecule has 9 nitrogen and oxygen atoms in total. The summed E-state index contributed by atoms with van der Waals surface area (Å²) in [6.45, 7) is 1.84. The number of aromatic nitrogens is 7. The molecule has 0 unspecified atom stereocenters. The zero-order chi connectivity index (χ0) is 22.2. The number of carbonyl (C=O) groups excluding carboxylic acids is 1. The van der Waals surface area contributed by atoms with E-state index in [-0.39, 0.29) is 11.4 Å². The average molecular weight is 428 g/mol. The van der Waals surface area contributed by atoms with Crippen molar-refractivity contribution >= 4 is 17.2 Å². The number of pyridine rings is 1. The Morgan fingerprint density at radius 3 is 2.75 bits per heavy atom. The van der Waals surface area contributed by atoms with Crippen LogP contribution in [-0.4, -0.2) is 40.3 Å². The third-order valence-electron chi connectivity index (χ3n) is 5.01. The summed E-state index contributed by atoms with van der Waals surface area (Å²) < 4.78 is 17.5. The fourth-order valence-electron chi connectivity index (χ4n) is 3.45. The maximum Gasteiger partial charge on any atom is 0.274 e. The number of fused-ring (bicyclic) bond motifs is 1. The Bertz CT molecular complexity index is 1460. The van der Waals surface area contributed by atoms with Crippen LogP contribution in [0.25, 0.3) is 28.3 Å². The fourth-order valence-corrected chi connectivity index (χ4v) is 3.45. The molecule has 0 aliphatic rings. The number of hydrogen-bond donors (Lipinski definition) is 1. The Hall–Kier alpha value is -4.47. The maximum absolute atomic E-state index is 14.8. The molecular formula is C22H17FN8O. The van der Waals surface area contributed by atoms with Crippen molar-refractivity contribution in [2.45, 2.75) is 6.92 Å². The lowest BCUT2D eigenvalue weighted by atomic mass is 10.1. The van der Waals surface area contributed by atoms with E-state index in [1.165, 1.54) is 27.8 Å². The fraction of sp³-hybridized carbons (Fsp3) is 0.0909. The van der Waals surface area contributed by atoms with Gasteiger partial charge in [-0.15, -0.1) is 5.10 Å². The van der Waals surface area contributed by atoms with Gasteiger partial charge in [0.05, 0.1) is 29.3 Å². The molecule has 0 fully saturated rings. The molecule has 4 heterocycles. The standard InChI is InChI=1S/C22H17FN8O/c1-13-9-24-12-25-19(13)15-10-26-30(2)20(15)22(32)27-17-8-18-28-21(14-6-4-3-5-7-14)29-31(18)11-16(17)23/h3-12H,1-2H3,(H,27,32). The summed E-state index contributed by atoms with van der Waals surface area (Å²) in [4.78, 5) is 25.8. The van der Waals surface area contributed by atoms with E-state index in [9.17, 15) is 9.18 Å². The van der Waals surface area contributed by atoms with E-state index in [0.29, 0.717) is 22.7 Å². The van der Waals surface area contributed by atoms with Gasteiger partial charge in [0.15, 0.2) is 17.3 Å². The molecule has 0 aliphatic heterocycles. The molecule has 0 atom stereocenters. The summed E-state index contributed by atoms with van der Waals surface area (Å²) in [5.41, 5.74) is 3.34. The first-order chi connectivity index (χ1) is 15.5. The summed E-state index contributed by atoms with van der Waals surface area (Å²) in [6.07, 6.45) is 5.79. The highest BCUT2D eigenvalue weighted by Crippen LogP contribution is 2.26. The van der Waals surface area contributed by atoms with Gasteiger partial charge in [0.2, 0.25) is 0 Å².